The number of benzene rings is 1. The number of methoxy groups -OCH3 is 1. The Balaban J connectivity index is 2.19. The van der Waals surface area contributed by atoms with E-state index in [-0.39, 0.29) is 18.0 Å². The molecule has 2 aromatic rings. The van der Waals surface area contributed by atoms with Crippen LogP contribution in [-0.4, -0.2) is 20.5 Å². The molecule has 21 heavy (non-hydrogen) atoms. The minimum atomic E-state index is -3.60. The standard InChI is InChI=1S/C13H17N3O3S2/c1-9-7-15-13(20-9)8-16-21(17,18)11-3-4-12(19-2)10(5-11)6-14/h3-5,7,16H,6,8,14H2,1-2H3. The Hall–Kier alpha value is -1.48. The second-order valence-electron chi connectivity index (χ2n) is 4.37. The molecule has 0 bridgehead atoms. The second-order valence-corrected chi connectivity index (χ2v) is 7.45. The molecule has 2 rings (SSSR count). The molecule has 0 saturated heterocycles. The van der Waals surface area contributed by atoms with Crippen molar-refractivity contribution in [3.05, 3.63) is 39.8 Å². The number of hydrogen-bond acceptors (Lipinski definition) is 6. The molecule has 6 nitrogen and oxygen atoms in total. The van der Waals surface area contributed by atoms with Crippen LogP contribution in [0, 0.1) is 6.92 Å². The number of nitrogens with two attached hydrogens (primary N) is 1. The lowest BCUT2D eigenvalue weighted by molar-refractivity contribution is 0.409. The van der Waals surface area contributed by atoms with Crippen LogP contribution >= 0.6 is 11.3 Å². The van der Waals surface area contributed by atoms with E-state index in [0.717, 1.165) is 9.88 Å². The lowest BCUT2D eigenvalue weighted by atomic mass is 10.2. The Morgan fingerprint density at radius 3 is 2.76 bits per heavy atom. The van der Waals surface area contributed by atoms with Gasteiger partial charge in [-0.25, -0.2) is 18.1 Å². The molecule has 0 fully saturated rings. The molecule has 0 amide bonds. The van der Waals surface area contributed by atoms with E-state index in [2.05, 4.69) is 9.71 Å². The third-order valence-corrected chi connectivity index (χ3v) is 5.18. The number of ether oxygens (including phenoxy) is 1. The highest BCUT2D eigenvalue weighted by atomic mass is 32.2. The molecule has 0 aliphatic heterocycles. The molecule has 0 spiro atoms. The van der Waals surface area contributed by atoms with E-state index < -0.39 is 10.0 Å². The fraction of sp³-hybridized carbons (Fsp3) is 0.308. The lowest BCUT2D eigenvalue weighted by Crippen LogP contribution is -2.23. The predicted molar refractivity (Wildman–Crippen MR) is 81.8 cm³/mol. The monoisotopic (exact) mass is 327 g/mol. The van der Waals surface area contributed by atoms with Crippen LogP contribution in [0.2, 0.25) is 0 Å². The van der Waals surface area contributed by atoms with Crippen molar-refractivity contribution < 1.29 is 13.2 Å². The number of aromatic nitrogens is 1. The van der Waals surface area contributed by atoms with Gasteiger partial charge in [0.15, 0.2) is 0 Å². The van der Waals surface area contributed by atoms with Crippen molar-refractivity contribution in [2.45, 2.75) is 24.9 Å². The summed E-state index contributed by atoms with van der Waals surface area (Å²) in [4.78, 5) is 5.33. The van der Waals surface area contributed by atoms with Gasteiger partial charge in [-0.2, -0.15) is 0 Å². The first-order valence-corrected chi connectivity index (χ1v) is 8.54. The van der Waals surface area contributed by atoms with Crippen LogP contribution in [-0.2, 0) is 23.1 Å². The third-order valence-electron chi connectivity index (χ3n) is 2.86. The average molecular weight is 327 g/mol. The van der Waals surface area contributed by atoms with E-state index in [1.807, 2.05) is 6.92 Å². The van der Waals surface area contributed by atoms with Gasteiger partial charge in [0.25, 0.3) is 0 Å². The summed E-state index contributed by atoms with van der Waals surface area (Å²) in [6.07, 6.45) is 1.72. The molecular formula is C13H17N3O3S2. The Bertz CT molecular complexity index is 726. The minimum Gasteiger partial charge on any atom is -0.496 e. The maximum Gasteiger partial charge on any atom is 0.240 e. The van der Waals surface area contributed by atoms with Crippen molar-refractivity contribution in [1.29, 1.82) is 0 Å². The molecule has 0 radical (unpaired) electrons. The molecule has 0 atom stereocenters. The third kappa shape index (κ3) is 3.79. The maximum atomic E-state index is 12.3. The number of nitrogens with one attached hydrogen (secondary N) is 1. The van der Waals surface area contributed by atoms with Gasteiger partial charge >= 0.3 is 0 Å². The fourth-order valence-electron chi connectivity index (χ4n) is 1.80. The topological polar surface area (TPSA) is 94.3 Å². The van der Waals surface area contributed by atoms with Gasteiger partial charge in [-0.15, -0.1) is 11.3 Å². The van der Waals surface area contributed by atoms with Crippen LogP contribution in [0.4, 0.5) is 0 Å². The van der Waals surface area contributed by atoms with Crippen molar-refractivity contribution in [3.63, 3.8) is 0 Å². The molecule has 1 aromatic heterocycles. The summed E-state index contributed by atoms with van der Waals surface area (Å²) in [5, 5.41) is 0.726. The molecule has 0 aliphatic rings. The van der Waals surface area contributed by atoms with E-state index >= 15 is 0 Å². The summed E-state index contributed by atoms with van der Waals surface area (Å²) < 4.78 is 32.2. The predicted octanol–water partition coefficient (Wildman–Crippen LogP) is 1.40. The van der Waals surface area contributed by atoms with Gasteiger partial charge in [-0.05, 0) is 25.1 Å². The van der Waals surface area contributed by atoms with Crippen molar-refractivity contribution in [2.75, 3.05) is 7.11 Å². The number of sulfonamides is 1. The zero-order valence-electron chi connectivity index (χ0n) is 11.8. The Morgan fingerprint density at radius 2 is 2.19 bits per heavy atom. The van der Waals surface area contributed by atoms with E-state index in [9.17, 15) is 8.42 Å². The fourth-order valence-corrected chi connectivity index (χ4v) is 3.66. The van der Waals surface area contributed by atoms with Gasteiger partial charge in [0.05, 0.1) is 18.6 Å². The van der Waals surface area contributed by atoms with Crippen LogP contribution in [0.25, 0.3) is 0 Å². The molecule has 8 heteroatoms. The van der Waals surface area contributed by atoms with E-state index in [1.54, 1.807) is 12.3 Å². The number of nitrogens with zero attached hydrogens (tertiary/aromatic N) is 1. The van der Waals surface area contributed by atoms with Gasteiger partial charge < -0.3 is 10.5 Å². The Morgan fingerprint density at radius 1 is 1.43 bits per heavy atom. The molecule has 0 unspecified atom stereocenters. The summed E-state index contributed by atoms with van der Waals surface area (Å²) in [6, 6.07) is 4.62. The molecule has 0 saturated carbocycles. The Kier molecular flexibility index (Phi) is 4.94. The zero-order chi connectivity index (χ0) is 15.5. The molecule has 1 aromatic carbocycles. The summed E-state index contributed by atoms with van der Waals surface area (Å²) in [6.45, 7) is 2.30. The second kappa shape index (κ2) is 6.52. The van der Waals surface area contributed by atoms with Crippen molar-refractivity contribution in [3.8, 4) is 5.75 Å². The average Bonchev–Trinajstić information content (AvgIpc) is 2.90. The van der Waals surface area contributed by atoms with Gasteiger partial charge in [0, 0.05) is 23.2 Å². The van der Waals surface area contributed by atoms with Crippen LogP contribution < -0.4 is 15.2 Å². The van der Waals surface area contributed by atoms with Crippen LogP contribution in [0.15, 0.2) is 29.3 Å². The largest absolute Gasteiger partial charge is 0.496 e. The first-order chi connectivity index (χ1) is 9.96. The van der Waals surface area contributed by atoms with E-state index in [4.69, 9.17) is 10.5 Å². The smallest absolute Gasteiger partial charge is 0.240 e. The number of thiazole rings is 1. The summed E-state index contributed by atoms with van der Waals surface area (Å²) in [7, 11) is -2.08. The van der Waals surface area contributed by atoms with Crippen LogP contribution in [0.3, 0.4) is 0 Å². The van der Waals surface area contributed by atoms with E-state index in [0.29, 0.717) is 11.3 Å². The first-order valence-electron chi connectivity index (χ1n) is 6.24. The first kappa shape index (κ1) is 15.9. The maximum absolute atomic E-state index is 12.3. The lowest BCUT2D eigenvalue weighted by Gasteiger charge is -2.10. The molecule has 1 heterocycles. The summed E-state index contributed by atoms with van der Waals surface area (Å²) in [5.74, 6) is 0.576. The van der Waals surface area contributed by atoms with Crippen molar-refractivity contribution in [1.82, 2.24) is 9.71 Å². The van der Waals surface area contributed by atoms with Crippen LogP contribution in [0.5, 0.6) is 5.75 Å². The van der Waals surface area contributed by atoms with Gasteiger partial charge in [0.2, 0.25) is 10.0 Å². The quantitative estimate of drug-likeness (QED) is 0.836. The van der Waals surface area contributed by atoms with Gasteiger partial charge in [0.1, 0.15) is 10.8 Å². The molecule has 3 N–H and O–H groups in total. The highest BCUT2D eigenvalue weighted by Crippen LogP contribution is 2.22. The number of hydrogen-bond donors (Lipinski definition) is 2. The minimum absolute atomic E-state index is 0.164. The van der Waals surface area contributed by atoms with Gasteiger partial charge in [-0.3, -0.25) is 0 Å². The number of aryl methyl sites for hydroxylation is 1. The number of rotatable bonds is 6. The van der Waals surface area contributed by atoms with Crippen molar-refractivity contribution in [2.24, 2.45) is 5.73 Å². The van der Waals surface area contributed by atoms with Crippen molar-refractivity contribution >= 4 is 21.4 Å². The molecule has 0 aliphatic carbocycles. The summed E-state index contributed by atoms with van der Waals surface area (Å²) >= 11 is 1.46. The Labute approximate surface area is 128 Å². The van der Waals surface area contributed by atoms with Gasteiger partial charge in [-0.1, -0.05) is 0 Å². The highest BCUT2D eigenvalue weighted by molar-refractivity contribution is 7.89. The normalized spacial score (nSPS) is 11.6. The summed E-state index contributed by atoms with van der Waals surface area (Å²) in [5.41, 5.74) is 6.25. The van der Waals surface area contributed by atoms with E-state index in [1.165, 1.54) is 30.6 Å². The highest BCUT2D eigenvalue weighted by Gasteiger charge is 2.16. The molecule has 114 valence electrons. The SMILES string of the molecule is COc1ccc(S(=O)(=O)NCc2ncc(C)s2)cc1CN. The molecular weight excluding hydrogens is 310 g/mol. The zero-order valence-corrected chi connectivity index (χ0v) is 13.4. The van der Waals surface area contributed by atoms with Crippen LogP contribution in [0.1, 0.15) is 15.4 Å².